The summed E-state index contributed by atoms with van der Waals surface area (Å²) < 4.78 is 3.06. The summed E-state index contributed by atoms with van der Waals surface area (Å²) in [7, 11) is 0. The van der Waals surface area contributed by atoms with Crippen LogP contribution < -0.4 is 5.32 Å². The Morgan fingerprint density at radius 1 is 1.13 bits per heavy atom. The Morgan fingerprint density at radius 3 is 2.77 bits per heavy atom. The number of amides is 1. The molecule has 2 N–H and O–H groups in total. The highest BCUT2D eigenvalue weighted by Crippen LogP contribution is 2.31. The molecule has 2 aromatic heterocycles. The SMILES string of the molecule is O=C(Nc1ccc(Br)cc1-c1nn[nH]n1)c1cc2ccccc2n1CC1CCCCC1. The van der Waals surface area contributed by atoms with Gasteiger partial charge in [-0.25, -0.2) is 0 Å². The number of nitrogens with one attached hydrogen (secondary N) is 2. The second-order valence-electron chi connectivity index (χ2n) is 8.08. The van der Waals surface area contributed by atoms with Gasteiger partial charge in [-0.05, 0) is 54.3 Å². The Balaban J connectivity index is 1.50. The molecule has 0 saturated heterocycles. The van der Waals surface area contributed by atoms with Crippen molar-refractivity contribution in [1.29, 1.82) is 0 Å². The van der Waals surface area contributed by atoms with Crippen molar-refractivity contribution in [1.82, 2.24) is 25.2 Å². The average molecular weight is 479 g/mol. The minimum absolute atomic E-state index is 0.140. The van der Waals surface area contributed by atoms with Crippen LogP contribution >= 0.6 is 15.9 Å². The van der Waals surface area contributed by atoms with Crippen LogP contribution in [0.15, 0.2) is 53.0 Å². The van der Waals surface area contributed by atoms with E-state index in [9.17, 15) is 4.79 Å². The Hall–Kier alpha value is -3.00. The van der Waals surface area contributed by atoms with Gasteiger partial charge >= 0.3 is 0 Å². The lowest BCUT2D eigenvalue weighted by molar-refractivity contribution is 0.101. The number of anilines is 1. The summed E-state index contributed by atoms with van der Waals surface area (Å²) >= 11 is 3.48. The fourth-order valence-corrected chi connectivity index (χ4v) is 4.86. The third-order valence-corrected chi connectivity index (χ3v) is 6.52. The van der Waals surface area contributed by atoms with Crippen molar-refractivity contribution in [2.24, 2.45) is 5.92 Å². The zero-order chi connectivity index (χ0) is 21.2. The maximum Gasteiger partial charge on any atom is 0.272 e. The number of halogens is 1. The van der Waals surface area contributed by atoms with Crippen LogP contribution in [-0.2, 0) is 6.54 Å². The number of rotatable bonds is 5. The molecule has 4 aromatic rings. The zero-order valence-corrected chi connectivity index (χ0v) is 18.6. The summed E-state index contributed by atoms with van der Waals surface area (Å²) in [6, 6.07) is 15.8. The van der Waals surface area contributed by atoms with E-state index in [4.69, 9.17) is 0 Å². The van der Waals surface area contributed by atoms with E-state index in [1.54, 1.807) is 0 Å². The standard InChI is InChI=1S/C23H23BrN6O/c24-17-10-11-19(18(13-17)22-26-28-29-27-22)25-23(31)21-12-16-8-4-5-9-20(16)30(21)14-15-6-2-1-3-7-15/h4-5,8-13,15H,1-3,6-7,14H2,(H,25,31)(H,26,27,28,29). The van der Waals surface area contributed by atoms with Crippen LogP contribution in [0.5, 0.6) is 0 Å². The van der Waals surface area contributed by atoms with E-state index < -0.39 is 0 Å². The molecule has 2 aromatic carbocycles. The molecule has 1 fully saturated rings. The van der Waals surface area contributed by atoms with Crippen molar-refractivity contribution >= 4 is 38.4 Å². The molecule has 0 radical (unpaired) electrons. The minimum Gasteiger partial charge on any atom is -0.336 e. The fourth-order valence-electron chi connectivity index (χ4n) is 4.50. The molecule has 1 saturated carbocycles. The van der Waals surface area contributed by atoms with Crippen LogP contribution in [0.2, 0.25) is 0 Å². The first-order valence-electron chi connectivity index (χ1n) is 10.6. The topological polar surface area (TPSA) is 88.5 Å². The predicted molar refractivity (Wildman–Crippen MR) is 124 cm³/mol. The van der Waals surface area contributed by atoms with Crippen molar-refractivity contribution in [3.63, 3.8) is 0 Å². The zero-order valence-electron chi connectivity index (χ0n) is 17.0. The number of H-pyrrole nitrogens is 1. The third-order valence-electron chi connectivity index (χ3n) is 6.02. The molecular weight excluding hydrogens is 456 g/mol. The summed E-state index contributed by atoms with van der Waals surface area (Å²) in [6.45, 7) is 0.869. The molecule has 1 aliphatic carbocycles. The number of hydrogen-bond donors (Lipinski definition) is 2. The van der Waals surface area contributed by atoms with Gasteiger partial charge in [0.05, 0.1) is 5.69 Å². The number of aromatic nitrogens is 5. The van der Waals surface area contributed by atoms with Gasteiger partial charge in [0.25, 0.3) is 5.91 Å². The summed E-state index contributed by atoms with van der Waals surface area (Å²) in [5.74, 6) is 0.900. The summed E-state index contributed by atoms with van der Waals surface area (Å²) in [4.78, 5) is 13.4. The maximum absolute atomic E-state index is 13.4. The lowest BCUT2D eigenvalue weighted by Crippen LogP contribution is -2.21. The predicted octanol–water partition coefficient (Wildman–Crippen LogP) is 5.42. The van der Waals surface area contributed by atoms with E-state index in [2.05, 4.69) is 58.6 Å². The molecule has 0 spiro atoms. The number of para-hydroxylation sites is 1. The second kappa shape index (κ2) is 8.63. The van der Waals surface area contributed by atoms with Crippen molar-refractivity contribution in [2.45, 2.75) is 38.6 Å². The first-order valence-corrected chi connectivity index (χ1v) is 11.4. The van der Waals surface area contributed by atoms with E-state index in [1.165, 1.54) is 32.1 Å². The highest BCUT2D eigenvalue weighted by molar-refractivity contribution is 9.10. The van der Waals surface area contributed by atoms with Crippen molar-refractivity contribution < 1.29 is 4.79 Å². The van der Waals surface area contributed by atoms with E-state index >= 15 is 0 Å². The molecule has 1 amide bonds. The number of fused-ring (bicyclic) bond motifs is 1. The van der Waals surface area contributed by atoms with Gasteiger partial charge in [0.1, 0.15) is 5.69 Å². The second-order valence-corrected chi connectivity index (χ2v) is 9.00. The van der Waals surface area contributed by atoms with E-state index in [-0.39, 0.29) is 5.91 Å². The van der Waals surface area contributed by atoms with Gasteiger partial charge in [-0.2, -0.15) is 5.21 Å². The van der Waals surface area contributed by atoms with Crippen LogP contribution in [0.3, 0.4) is 0 Å². The van der Waals surface area contributed by atoms with Gasteiger partial charge in [-0.1, -0.05) is 53.4 Å². The van der Waals surface area contributed by atoms with Gasteiger partial charge in [-0.15, -0.1) is 10.2 Å². The molecule has 0 aliphatic heterocycles. The number of benzene rings is 2. The first kappa shape index (κ1) is 19.9. The van der Waals surface area contributed by atoms with Crippen LogP contribution in [0, 0.1) is 5.92 Å². The van der Waals surface area contributed by atoms with Crippen molar-refractivity contribution in [3.8, 4) is 11.4 Å². The van der Waals surface area contributed by atoms with Gasteiger partial charge in [0.15, 0.2) is 0 Å². The number of nitrogens with zero attached hydrogens (tertiary/aromatic N) is 4. The van der Waals surface area contributed by atoms with Crippen molar-refractivity contribution in [2.75, 3.05) is 5.32 Å². The van der Waals surface area contributed by atoms with Crippen LogP contribution in [0.1, 0.15) is 42.6 Å². The molecule has 0 atom stereocenters. The number of hydrogen-bond acceptors (Lipinski definition) is 4. The Kier molecular flexibility index (Phi) is 5.55. The summed E-state index contributed by atoms with van der Waals surface area (Å²) in [5, 5.41) is 18.4. The quantitative estimate of drug-likeness (QED) is 0.400. The van der Waals surface area contributed by atoms with Gasteiger partial charge in [0.2, 0.25) is 5.82 Å². The molecule has 8 heteroatoms. The van der Waals surface area contributed by atoms with Crippen LogP contribution in [0.25, 0.3) is 22.3 Å². The molecule has 158 valence electrons. The van der Waals surface area contributed by atoms with Gasteiger partial charge in [0, 0.05) is 27.5 Å². The first-order chi connectivity index (χ1) is 15.2. The number of aromatic amines is 1. The highest BCUT2D eigenvalue weighted by atomic mass is 79.9. The smallest absolute Gasteiger partial charge is 0.272 e. The summed E-state index contributed by atoms with van der Waals surface area (Å²) in [5.41, 5.74) is 3.12. The van der Waals surface area contributed by atoms with Gasteiger partial charge in [-0.3, -0.25) is 4.79 Å². The Bertz CT molecular complexity index is 1210. The van der Waals surface area contributed by atoms with Gasteiger partial charge < -0.3 is 9.88 Å². The number of tetrazole rings is 1. The average Bonchev–Trinajstić information content (AvgIpc) is 3.45. The molecule has 31 heavy (non-hydrogen) atoms. The number of carbonyl (C=O) groups excluding carboxylic acids is 1. The van der Waals surface area contributed by atoms with Crippen molar-refractivity contribution in [3.05, 3.63) is 58.7 Å². The van der Waals surface area contributed by atoms with E-state index in [0.29, 0.717) is 28.7 Å². The maximum atomic E-state index is 13.4. The monoisotopic (exact) mass is 478 g/mol. The molecule has 0 unspecified atom stereocenters. The molecule has 2 heterocycles. The summed E-state index contributed by atoms with van der Waals surface area (Å²) in [6.07, 6.45) is 6.32. The minimum atomic E-state index is -0.140. The molecular formula is C23H23BrN6O. The molecule has 5 rings (SSSR count). The third kappa shape index (κ3) is 4.12. The number of carbonyl (C=O) groups is 1. The Labute approximate surface area is 188 Å². The van der Waals surface area contributed by atoms with Crippen LogP contribution in [0.4, 0.5) is 5.69 Å². The van der Waals surface area contributed by atoms with E-state index in [1.807, 2.05) is 36.4 Å². The van der Waals surface area contributed by atoms with Crippen LogP contribution in [-0.4, -0.2) is 31.1 Å². The van der Waals surface area contributed by atoms with E-state index in [0.717, 1.165) is 21.9 Å². The lowest BCUT2D eigenvalue weighted by Gasteiger charge is -2.23. The Morgan fingerprint density at radius 2 is 1.97 bits per heavy atom. The molecule has 7 nitrogen and oxygen atoms in total. The molecule has 1 aliphatic rings. The lowest BCUT2D eigenvalue weighted by atomic mass is 9.89. The molecule has 0 bridgehead atoms. The normalized spacial score (nSPS) is 14.7. The fraction of sp³-hybridized carbons (Fsp3) is 0.304. The largest absolute Gasteiger partial charge is 0.336 e. The highest BCUT2D eigenvalue weighted by Gasteiger charge is 2.21.